The van der Waals surface area contributed by atoms with Gasteiger partial charge in [0.1, 0.15) is 30.3 Å². The zero-order valence-electron chi connectivity index (χ0n) is 25.4. The lowest BCUT2D eigenvalue weighted by atomic mass is 10.0. The van der Waals surface area contributed by atoms with E-state index in [0.29, 0.717) is 29.2 Å². The van der Waals surface area contributed by atoms with Crippen molar-refractivity contribution in [3.8, 4) is 0 Å². The minimum Gasteiger partial charge on any atom is -0.387 e. The number of piperidine rings is 1. The molecule has 7 rings (SSSR count). The second kappa shape index (κ2) is 12.9. The molecular formula is C33H34N8O6. The SMILES string of the molecule is O=C(NC[C@H]1O[C@@H](n2cnc3c(NCc4cccc5ccccc45)ncnc32)[C@H](O)[C@@H]1O)c1ccc(N2CCCCC2)c([N+](=O)[O-])c1. The lowest BCUT2D eigenvalue weighted by molar-refractivity contribution is -0.384. The van der Waals surface area contributed by atoms with Crippen LogP contribution in [0.1, 0.15) is 41.4 Å². The molecule has 47 heavy (non-hydrogen) atoms. The van der Waals surface area contributed by atoms with Crippen molar-refractivity contribution in [3.05, 3.63) is 94.6 Å². The van der Waals surface area contributed by atoms with Crippen LogP contribution in [0.2, 0.25) is 0 Å². The lowest BCUT2D eigenvalue weighted by Gasteiger charge is -2.28. The Labute approximate surface area is 269 Å². The molecule has 2 aromatic heterocycles. The molecule has 0 bridgehead atoms. The van der Waals surface area contributed by atoms with Crippen LogP contribution in [0.3, 0.4) is 0 Å². The second-order valence-corrected chi connectivity index (χ2v) is 11.8. The molecule has 14 nitrogen and oxygen atoms in total. The van der Waals surface area contributed by atoms with E-state index >= 15 is 0 Å². The first-order valence-corrected chi connectivity index (χ1v) is 15.6. The van der Waals surface area contributed by atoms with E-state index in [2.05, 4.69) is 43.8 Å². The van der Waals surface area contributed by atoms with Gasteiger partial charge in [0.2, 0.25) is 0 Å². The topological polar surface area (TPSA) is 181 Å². The third kappa shape index (κ3) is 5.93. The molecule has 1 amide bonds. The Kier molecular flexibility index (Phi) is 8.37. The normalized spacial score (nSPS) is 21.3. The number of nitro benzene ring substituents is 1. The molecule has 0 aliphatic carbocycles. The first-order valence-electron chi connectivity index (χ1n) is 15.6. The smallest absolute Gasteiger partial charge is 0.293 e. The second-order valence-electron chi connectivity index (χ2n) is 11.8. The van der Waals surface area contributed by atoms with Crippen LogP contribution in [-0.4, -0.2) is 78.5 Å². The van der Waals surface area contributed by atoms with E-state index in [1.165, 1.54) is 23.3 Å². The van der Waals surface area contributed by atoms with E-state index in [-0.39, 0.29) is 17.8 Å². The van der Waals surface area contributed by atoms with Crippen molar-refractivity contribution in [1.29, 1.82) is 0 Å². The van der Waals surface area contributed by atoms with Gasteiger partial charge in [0.25, 0.3) is 11.6 Å². The summed E-state index contributed by atoms with van der Waals surface area (Å²) in [5.74, 6) is -0.0614. The molecule has 4 N–H and O–H groups in total. The highest BCUT2D eigenvalue weighted by Crippen LogP contribution is 2.34. The van der Waals surface area contributed by atoms with E-state index in [0.717, 1.165) is 48.7 Å². The monoisotopic (exact) mass is 638 g/mol. The molecule has 14 heteroatoms. The van der Waals surface area contributed by atoms with Crippen molar-refractivity contribution >= 4 is 45.0 Å². The van der Waals surface area contributed by atoms with E-state index < -0.39 is 35.4 Å². The summed E-state index contributed by atoms with van der Waals surface area (Å²) in [6.07, 6.45) is 1.17. The largest absolute Gasteiger partial charge is 0.387 e. The Bertz CT molecular complexity index is 1940. The molecule has 2 aliphatic heterocycles. The van der Waals surface area contributed by atoms with Crippen molar-refractivity contribution in [2.24, 2.45) is 0 Å². The number of ether oxygens (including phenoxy) is 1. The molecule has 0 spiro atoms. The number of hydrogen-bond acceptors (Lipinski definition) is 11. The van der Waals surface area contributed by atoms with Gasteiger partial charge in [0, 0.05) is 37.8 Å². The van der Waals surface area contributed by atoms with E-state index in [9.17, 15) is 25.1 Å². The highest BCUT2D eigenvalue weighted by molar-refractivity contribution is 5.96. The van der Waals surface area contributed by atoms with Gasteiger partial charge in [0.05, 0.1) is 11.3 Å². The number of aliphatic hydroxyl groups excluding tert-OH is 2. The summed E-state index contributed by atoms with van der Waals surface area (Å²) in [7, 11) is 0. The molecule has 2 saturated heterocycles. The van der Waals surface area contributed by atoms with Crippen molar-refractivity contribution in [2.75, 3.05) is 29.9 Å². The number of carbonyl (C=O) groups is 1. The molecule has 0 radical (unpaired) electrons. The van der Waals surface area contributed by atoms with Gasteiger partial charge in [-0.05, 0) is 47.7 Å². The Morgan fingerprint density at radius 2 is 1.81 bits per heavy atom. The summed E-state index contributed by atoms with van der Waals surface area (Å²) in [6.45, 7) is 1.81. The van der Waals surface area contributed by atoms with Gasteiger partial charge in [-0.25, -0.2) is 15.0 Å². The fraction of sp³-hybridized carbons (Fsp3) is 0.333. The fourth-order valence-electron chi connectivity index (χ4n) is 6.43. The minimum atomic E-state index is -1.35. The van der Waals surface area contributed by atoms with Gasteiger partial charge in [-0.3, -0.25) is 19.5 Å². The standard InChI is InChI=1S/C33H34N8O6/c42-28-26(17-35-32(44)21-11-12-24(25(15-21)41(45)46)39-13-4-1-5-14-39)47-33(29(28)43)40-19-38-27-30(36-18-37-31(27)40)34-16-22-9-6-8-20-7-2-3-10-23(20)22/h2-3,6-12,15,18-19,26,28-29,33,42-43H,1,4-5,13-14,16-17H2,(H,35,44)(H,34,36,37)/t26-,28-,29-,33-/m1/s1. The van der Waals surface area contributed by atoms with E-state index in [1.54, 1.807) is 12.1 Å². The van der Waals surface area contributed by atoms with Crippen molar-refractivity contribution in [1.82, 2.24) is 24.8 Å². The summed E-state index contributed by atoms with van der Waals surface area (Å²) >= 11 is 0. The first-order chi connectivity index (χ1) is 22.9. The van der Waals surface area contributed by atoms with Gasteiger partial charge < -0.3 is 30.5 Å². The first kappa shape index (κ1) is 30.5. The van der Waals surface area contributed by atoms with Crippen LogP contribution in [0.15, 0.2) is 73.3 Å². The lowest BCUT2D eigenvalue weighted by Crippen LogP contribution is -2.39. The van der Waals surface area contributed by atoms with Gasteiger partial charge in [0.15, 0.2) is 23.2 Å². The zero-order chi connectivity index (χ0) is 32.5. The minimum absolute atomic E-state index is 0.114. The number of nitrogens with zero attached hydrogens (tertiary/aromatic N) is 6. The Balaban J connectivity index is 1.03. The van der Waals surface area contributed by atoms with Crippen LogP contribution in [0.5, 0.6) is 0 Å². The maximum Gasteiger partial charge on any atom is 0.293 e. The van der Waals surface area contributed by atoms with Gasteiger partial charge in [-0.15, -0.1) is 0 Å². The Morgan fingerprint density at radius 1 is 1.00 bits per heavy atom. The zero-order valence-corrected chi connectivity index (χ0v) is 25.4. The summed E-state index contributed by atoms with van der Waals surface area (Å²) in [5.41, 5.74) is 2.42. The van der Waals surface area contributed by atoms with Crippen LogP contribution in [-0.2, 0) is 11.3 Å². The Morgan fingerprint density at radius 3 is 2.64 bits per heavy atom. The average Bonchev–Trinajstić information content (AvgIpc) is 3.66. The van der Waals surface area contributed by atoms with Crippen molar-refractivity contribution < 1.29 is 24.7 Å². The Hall–Kier alpha value is -5.18. The molecule has 0 unspecified atom stereocenters. The number of aliphatic hydroxyl groups is 2. The number of aromatic nitrogens is 4. The summed E-state index contributed by atoms with van der Waals surface area (Å²) in [4.78, 5) is 39.6. The summed E-state index contributed by atoms with van der Waals surface area (Å²) in [6, 6.07) is 18.7. The molecular weight excluding hydrogens is 604 g/mol. The molecule has 0 saturated carbocycles. The number of imidazole rings is 1. The predicted octanol–water partition coefficient (Wildman–Crippen LogP) is 3.54. The maximum absolute atomic E-state index is 13.0. The molecule has 4 heterocycles. The number of anilines is 2. The third-order valence-electron chi connectivity index (χ3n) is 8.89. The number of fused-ring (bicyclic) bond motifs is 2. The van der Waals surface area contributed by atoms with E-state index in [1.807, 2.05) is 29.2 Å². The quantitative estimate of drug-likeness (QED) is 0.137. The molecule has 2 fully saturated rings. The number of benzene rings is 3. The number of nitrogens with one attached hydrogen (secondary N) is 2. The van der Waals surface area contributed by atoms with Crippen LogP contribution in [0.4, 0.5) is 17.2 Å². The van der Waals surface area contributed by atoms with Crippen LogP contribution >= 0.6 is 0 Å². The number of hydrogen-bond donors (Lipinski definition) is 4. The van der Waals surface area contributed by atoms with Gasteiger partial charge in [-0.2, -0.15) is 0 Å². The third-order valence-corrected chi connectivity index (χ3v) is 8.89. The maximum atomic E-state index is 13.0. The summed E-state index contributed by atoms with van der Waals surface area (Å²) < 4.78 is 7.54. The van der Waals surface area contributed by atoms with E-state index in [4.69, 9.17) is 4.74 Å². The highest BCUT2D eigenvalue weighted by atomic mass is 16.6. The fourth-order valence-corrected chi connectivity index (χ4v) is 6.43. The van der Waals surface area contributed by atoms with Crippen molar-refractivity contribution in [2.45, 2.75) is 50.3 Å². The highest BCUT2D eigenvalue weighted by Gasteiger charge is 2.44. The molecule has 5 aromatic rings. The molecule has 242 valence electrons. The average molecular weight is 639 g/mol. The van der Waals surface area contributed by atoms with Crippen LogP contribution < -0.4 is 15.5 Å². The van der Waals surface area contributed by atoms with Crippen LogP contribution in [0.25, 0.3) is 21.9 Å². The summed E-state index contributed by atoms with van der Waals surface area (Å²) in [5, 5.41) is 41.9. The van der Waals surface area contributed by atoms with Gasteiger partial charge >= 0.3 is 0 Å². The number of rotatable bonds is 9. The number of nitro groups is 1. The van der Waals surface area contributed by atoms with Crippen LogP contribution in [0, 0.1) is 10.1 Å². The predicted molar refractivity (Wildman–Crippen MR) is 174 cm³/mol. The van der Waals surface area contributed by atoms with Crippen molar-refractivity contribution in [3.63, 3.8) is 0 Å². The molecule has 2 aliphatic rings. The molecule has 4 atom stereocenters. The number of carbonyl (C=O) groups excluding carboxylic acids is 1. The van der Waals surface area contributed by atoms with Gasteiger partial charge in [-0.1, -0.05) is 42.5 Å². The molecule has 3 aromatic carbocycles. The number of amides is 1.